The summed E-state index contributed by atoms with van der Waals surface area (Å²) in [6, 6.07) is 0. The van der Waals surface area contributed by atoms with Gasteiger partial charge in [0.1, 0.15) is 0 Å². The Kier molecular flexibility index (Phi) is 5.23. The van der Waals surface area contributed by atoms with E-state index in [9.17, 15) is 14.4 Å². The van der Waals surface area contributed by atoms with Gasteiger partial charge in [-0.15, -0.1) is 0 Å². The zero-order valence-electron chi connectivity index (χ0n) is 7.85. The molecule has 0 radical (unpaired) electrons. The van der Waals surface area contributed by atoms with E-state index in [-0.39, 0.29) is 12.8 Å². The first kappa shape index (κ1) is 12.4. The second-order valence-electron chi connectivity index (χ2n) is 2.13. The van der Waals surface area contributed by atoms with Gasteiger partial charge in [0.25, 0.3) is 11.8 Å². The molecule has 0 bridgehead atoms. The molecule has 0 aromatic carbocycles. The number of imide groups is 1. The molecule has 1 saturated heterocycles. The molecule has 0 aromatic heterocycles. The van der Waals surface area contributed by atoms with Gasteiger partial charge >= 0.3 is 6.16 Å². The highest BCUT2D eigenvalue weighted by molar-refractivity contribution is 6.01. The van der Waals surface area contributed by atoms with Crippen LogP contribution in [0.2, 0.25) is 0 Å². The maximum absolute atomic E-state index is 10.8. The molecule has 1 rings (SSSR count). The van der Waals surface area contributed by atoms with Crippen LogP contribution in [0.4, 0.5) is 4.79 Å². The third-order valence-electron chi connectivity index (χ3n) is 1.34. The molecule has 0 aliphatic carbocycles. The second kappa shape index (κ2) is 5.92. The fourth-order valence-corrected chi connectivity index (χ4v) is 0.770. The van der Waals surface area contributed by atoms with Crippen molar-refractivity contribution < 1.29 is 29.1 Å². The number of carbonyl (C=O) groups excluding carboxylic acids is 3. The summed E-state index contributed by atoms with van der Waals surface area (Å²) in [5.74, 6) is -1.05. The third kappa shape index (κ3) is 3.02. The van der Waals surface area contributed by atoms with E-state index in [4.69, 9.17) is 5.11 Å². The Morgan fingerprint density at radius 3 is 2.07 bits per heavy atom. The molecule has 0 spiro atoms. The molecular formula is C7H11NO6. The highest BCUT2D eigenvalue weighted by atomic mass is 16.8. The van der Waals surface area contributed by atoms with E-state index >= 15 is 0 Å². The molecule has 1 aliphatic heterocycles. The first-order valence-electron chi connectivity index (χ1n) is 3.71. The van der Waals surface area contributed by atoms with E-state index in [1.807, 2.05) is 0 Å². The van der Waals surface area contributed by atoms with Crippen molar-refractivity contribution in [3.05, 3.63) is 0 Å². The van der Waals surface area contributed by atoms with E-state index in [1.165, 1.54) is 0 Å². The minimum Gasteiger partial charge on any atom is -0.436 e. The highest BCUT2D eigenvalue weighted by Crippen LogP contribution is 2.12. The summed E-state index contributed by atoms with van der Waals surface area (Å²) in [4.78, 5) is 36.3. The van der Waals surface area contributed by atoms with Crippen molar-refractivity contribution >= 4 is 18.0 Å². The average Bonchev–Trinajstić information content (AvgIpc) is 2.52. The van der Waals surface area contributed by atoms with Crippen LogP contribution in [0.5, 0.6) is 0 Å². The fourth-order valence-electron chi connectivity index (χ4n) is 0.770. The van der Waals surface area contributed by atoms with Gasteiger partial charge < -0.3 is 9.84 Å². The van der Waals surface area contributed by atoms with Crippen molar-refractivity contribution in [2.45, 2.75) is 12.8 Å². The normalized spacial score (nSPS) is 14.6. The number of carbonyl (C=O) groups is 3. The molecule has 14 heavy (non-hydrogen) atoms. The molecule has 1 heterocycles. The van der Waals surface area contributed by atoms with Crippen molar-refractivity contribution in [3.63, 3.8) is 0 Å². The molecule has 2 amide bonds. The van der Waals surface area contributed by atoms with Gasteiger partial charge in [0.2, 0.25) is 0 Å². The van der Waals surface area contributed by atoms with Gasteiger partial charge in [-0.2, -0.15) is 0 Å². The summed E-state index contributed by atoms with van der Waals surface area (Å²) in [7, 11) is 2.09. The SMILES string of the molecule is CO.COC(=O)ON1C(=O)CCC1=O. The molecule has 80 valence electrons. The summed E-state index contributed by atoms with van der Waals surface area (Å²) in [6.45, 7) is 0. The zero-order valence-corrected chi connectivity index (χ0v) is 7.85. The number of hydroxylamine groups is 2. The van der Waals surface area contributed by atoms with E-state index in [2.05, 4.69) is 9.57 Å². The molecule has 7 nitrogen and oxygen atoms in total. The standard InChI is InChI=1S/C6H7NO5.CH4O/c1-11-6(10)12-7-4(8)2-3-5(7)9;1-2/h2-3H2,1H3;2H,1H3. The highest BCUT2D eigenvalue weighted by Gasteiger charge is 2.33. The van der Waals surface area contributed by atoms with Crippen molar-refractivity contribution in [2.75, 3.05) is 14.2 Å². The lowest BCUT2D eigenvalue weighted by molar-refractivity contribution is -0.176. The molecule has 1 N–H and O–H groups in total. The number of nitrogens with zero attached hydrogens (tertiary/aromatic N) is 1. The monoisotopic (exact) mass is 205 g/mol. The first-order valence-corrected chi connectivity index (χ1v) is 3.71. The average molecular weight is 205 g/mol. The lowest BCUT2D eigenvalue weighted by Crippen LogP contribution is -2.31. The zero-order chi connectivity index (χ0) is 11.1. The Bertz CT molecular complexity index is 222. The molecule has 0 aromatic rings. The fraction of sp³-hybridized carbons (Fsp3) is 0.571. The number of ether oxygens (including phenoxy) is 1. The first-order chi connectivity index (χ1) is 6.65. The number of methoxy groups -OCH3 is 1. The van der Waals surface area contributed by atoms with Crippen LogP contribution in [0.25, 0.3) is 0 Å². The predicted octanol–water partition coefficient (Wildman–Crippen LogP) is -0.558. The van der Waals surface area contributed by atoms with Crippen molar-refractivity contribution in [3.8, 4) is 0 Å². The summed E-state index contributed by atoms with van der Waals surface area (Å²) >= 11 is 0. The third-order valence-corrected chi connectivity index (χ3v) is 1.34. The Labute approximate surface area is 80.1 Å². The minimum atomic E-state index is -1.07. The largest absolute Gasteiger partial charge is 0.533 e. The molecule has 1 aliphatic rings. The van der Waals surface area contributed by atoms with Crippen LogP contribution in [0.3, 0.4) is 0 Å². The topological polar surface area (TPSA) is 93.1 Å². The predicted molar refractivity (Wildman–Crippen MR) is 42.7 cm³/mol. The lowest BCUT2D eigenvalue weighted by Gasteiger charge is -2.10. The van der Waals surface area contributed by atoms with Crippen LogP contribution in [0.1, 0.15) is 12.8 Å². The van der Waals surface area contributed by atoms with E-state index in [0.717, 1.165) is 14.2 Å². The number of rotatable bonds is 1. The number of amides is 2. The number of hydrogen-bond donors (Lipinski definition) is 1. The maximum atomic E-state index is 10.8. The van der Waals surface area contributed by atoms with Gasteiger partial charge in [-0.1, -0.05) is 5.06 Å². The van der Waals surface area contributed by atoms with Crippen molar-refractivity contribution in [2.24, 2.45) is 0 Å². The van der Waals surface area contributed by atoms with E-state index < -0.39 is 18.0 Å². The smallest absolute Gasteiger partial charge is 0.436 e. The molecule has 0 atom stereocenters. The van der Waals surface area contributed by atoms with Gasteiger partial charge in [0.05, 0.1) is 7.11 Å². The van der Waals surface area contributed by atoms with Gasteiger partial charge in [0, 0.05) is 20.0 Å². The lowest BCUT2D eigenvalue weighted by atomic mass is 10.4. The Balaban J connectivity index is 0.000000791. The van der Waals surface area contributed by atoms with Crippen molar-refractivity contribution in [1.82, 2.24) is 5.06 Å². The minimum absolute atomic E-state index is 0.0792. The van der Waals surface area contributed by atoms with Crippen LogP contribution in [0.15, 0.2) is 0 Å². The molecule has 1 fully saturated rings. The van der Waals surface area contributed by atoms with Crippen LogP contribution >= 0.6 is 0 Å². The summed E-state index contributed by atoms with van der Waals surface area (Å²) < 4.78 is 4.10. The quantitative estimate of drug-likeness (QED) is 0.455. The van der Waals surface area contributed by atoms with E-state index in [0.29, 0.717) is 5.06 Å². The van der Waals surface area contributed by atoms with Crippen LogP contribution in [0, 0.1) is 0 Å². The number of hydrogen-bond acceptors (Lipinski definition) is 6. The van der Waals surface area contributed by atoms with Gasteiger partial charge in [0.15, 0.2) is 0 Å². The molecule has 0 unspecified atom stereocenters. The Hall–Kier alpha value is -1.63. The number of aliphatic hydroxyl groups excluding tert-OH is 1. The maximum Gasteiger partial charge on any atom is 0.533 e. The van der Waals surface area contributed by atoms with Crippen LogP contribution < -0.4 is 0 Å². The van der Waals surface area contributed by atoms with Crippen LogP contribution in [-0.2, 0) is 19.2 Å². The molecule has 7 heteroatoms. The summed E-state index contributed by atoms with van der Waals surface area (Å²) in [6.07, 6.45) is -0.912. The van der Waals surface area contributed by atoms with Crippen molar-refractivity contribution in [1.29, 1.82) is 0 Å². The second-order valence-corrected chi connectivity index (χ2v) is 2.13. The van der Waals surface area contributed by atoms with Gasteiger partial charge in [-0.25, -0.2) is 4.79 Å². The van der Waals surface area contributed by atoms with Gasteiger partial charge in [-0.05, 0) is 0 Å². The molecule has 0 saturated carbocycles. The van der Waals surface area contributed by atoms with E-state index in [1.54, 1.807) is 0 Å². The Morgan fingerprint density at radius 1 is 1.29 bits per heavy atom. The van der Waals surface area contributed by atoms with Gasteiger partial charge in [-0.3, -0.25) is 14.4 Å². The van der Waals surface area contributed by atoms with Crippen LogP contribution in [-0.4, -0.2) is 42.4 Å². The Morgan fingerprint density at radius 2 is 1.71 bits per heavy atom. The summed E-state index contributed by atoms with van der Waals surface area (Å²) in [5, 5.41) is 7.42. The summed E-state index contributed by atoms with van der Waals surface area (Å²) in [5.41, 5.74) is 0. The molecular weight excluding hydrogens is 194 g/mol. The number of aliphatic hydroxyl groups is 1.